The molecule has 2 aromatic carbocycles. The number of carbonyl (C=O) groups excluding carboxylic acids is 1. The lowest BCUT2D eigenvalue weighted by molar-refractivity contribution is 0.0325. The summed E-state index contributed by atoms with van der Waals surface area (Å²) >= 11 is 0. The summed E-state index contributed by atoms with van der Waals surface area (Å²) in [4.78, 5) is 26.5. The molecule has 206 valence electrons. The monoisotopic (exact) mass is 536 g/mol. The fourth-order valence-corrected chi connectivity index (χ4v) is 5.13. The Balaban J connectivity index is 1.37. The van der Waals surface area contributed by atoms with E-state index in [4.69, 9.17) is 4.74 Å². The SMILES string of the molecule is C[C@@H]1CN([C@H](C)CO)C(=O)c2cc(-c3cccnc3)cnc2O[C@@H]1CN(C)Cc1ccc(-c2ccccc2)cc1. The average Bonchev–Trinajstić information content (AvgIpc) is 2.99. The van der Waals surface area contributed by atoms with Crippen molar-refractivity contribution in [1.82, 2.24) is 19.8 Å². The largest absolute Gasteiger partial charge is 0.472 e. The molecule has 1 N–H and O–H groups in total. The van der Waals surface area contributed by atoms with Crippen LogP contribution in [0.3, 0.4) is 0 Å². The van der Waals surface area contributed by atoms with Crippen molar-refractivity contribution in [3.8, 4) is 28.1 Å². The summed E-state index contributed by atoms with van der Waals surface area (Å²) in [6.07, 6.45) is 4.98. The van der Waals surface area contributed by atoms with Crippen molar-refractivity contribution < 1.29 is 14.6 Å². The highest BCUT2D eigenvalue weighted by atomic mass is 16.5. The van der Waals surface area contributed by atoms with Gasteiger partial charge in [0.25, 0.3) is 5.91 Å². The Labute approximate surface area is 236 Å². The molecule has 0 fully saturated rings. The Morgan fingerprint density at radius 2 is 1.73 bits per heavy atom. The number of hydrogen-bond acceptors (Lipinski definition) is 6. The van der Waals surface area contributed by atoms with Gasteiger partial charge in [0.2, 0.25) is 5.88 Å². The number of carbonyl (C=O) groups is 1. The molecule has 0 saturated carbocycles. The summed E-state index contributed by atoms with van der Waals surface area (Å²) in [5.41, 5.74) is 5.68. The number of hydrogen-bond donors (Lipinski definition) is 1. The van der Waals surface area contributed by atoms with Crippen molar-refractivity contribution in [2.75, 3.05) is 26.7 Å². The molecule has 1 amide bonds. The molecule has 1 aliphatic heterocycles. The number of aromatic nitrogens is 2. The summed E-state index contributed by atoms with van der Waals surface area (Å²) < 4.78 is 6.48. The standard InChI is InChI=1S/C33H36N4O3/c1-23-19-37(24(2)22-38)33(39)30-16-29(28-10-7-15-34-17-28)18-35-32(30)40-31(23)21-36(3)20-25-11-13-27(14-12-25)26-8-5-4-6-9-26/h4-18,23-24,31,38H,19-22H2,1-3H3/t23-,24-,31-/m1/s1. The lowest BCUT2D eigenvalue weighted by Crippen LogP contribution is -2.49. The van der Waals surface area contributed by atoms with Gasteiger partial charge in [-0.15, -0.1) is 0 Å². The van der Waals surface area contributed by atoms with Crippen molar-refractivity contribution in [2.45, 2.75) is 32.5 Å². The Morgan fingerprint density at radius 3 is 2.42 bits per heavy atom. The molecular formula is C33H36N4O3. The molecule has 0 unspecified atom stereocenters. The highest BCUT2D eigenvalue weighted by Gasteiger charge is 2.34. The number of ether oxygens (including phenoxy) is 1. The van der Waals surface area contributed by atoms with Gasteiger partial charge in [0.1, 0.15) is 11.7 Å². The number of nitrogens with zero attached hydrogens (tertiary/aromatic N) is 4. The number of likely N-dealkylation sites (N-methyl/N-ethyl adjacent to an activating group) is 1. The maximum atomic E-state index is 13.7. The minimum absolute atomic E-state index is 0.0220. The van der Waals surface area contributed by atoms with Gasteiger partial charge >= 0.3 is 0 Å². The van der Waals surface area contributed by atoms with E-state index in [1.54, 1.807) is 23.5 Å². The lowest BCUT2D eigenvalue weighted by atomic mass is 9.99. The van der Waals surface area contributed by atoms with Gasteiger partial charge in [-0.1, -0.05) is 67.6 Å². The number of benzene rings is 2. The van der Waals surface area contributed by atoms with Gasteiger partial charge in [0, 0.05) is 55.3 Å². The van der Waals surface area contributed by atoms with Crippen molar-refractivity contribution in [1.29, 1.82) is 0 Å². The minimum atomic E-state index is -0.329. The first-order chi connectivity index (χ1) is 19.4. The third kappa shape index (κ3) is 6.22. The maximum Gasteiger partial charge on any atom is 0.259 e. The van der Waals surface area contributed by atoms with Crippen LogP contribution in [0.5, 0.6) is 5.88 Å². The number of amides is 1. The van der Waals surface area contributed by atoms with Gasteiger partial charge in [-0.05, 0) is 42.8 Å². The normalized spacial score (nSPS) is 18.0. The zero-order chi connectivity index (χ0) is 28.1. The van der Waals surface area contributed by atoms with Gasteiger partial charge in [-0.3, -0.25) is 14.7 Å². The summed E-state index contributed by atoms with van der Waals surface area (Å²) in [5.74, 6) is 0.158. The Morgan fingerprint density at radius 1 is 1.00 bits per heavy atom. The summed E-state index contributed by atoms with van der Waals surface area (Å²) in [6.45, 7) is 5.73. The predicted octanol–water partition coefficient (Wildman–Crippen LogP) is 5.16. The van der Waals surface area contributed by atoms with Crippen molar-refractivity contribution in [2.24, 2.45) is 5.92 Å². The van der Waals surface area contributed by atoms with E-state index in [1.165, 1.54) is 16.7 Å². The van der Waals surface area contributed by atoms with Crippen LogP contribution in [0.15, 0.2) is 91.4 Å². The minimum Gasteiger partial charge on any atom is -0.472 e. The van der Waals surface area contributed by atoms with E-state index in [0.29, 0.717) is 24.5 Å². The second kappa shape index (κ2) is 12.4. The second-order valence-electron chi connectivity index (χ2n) is 10.7. The number of pyridine rings is 2. The topological polar surface area (TPSA) is 78.8 Å². The van der Waals surface area contributed by atoms with Crippen LogP contribution in [0, 0.1) is 5.92 Å². The summed E-state index contributed by atoms with van der Waals surface area (Å²) in [6, 6.07) is 24.3. The molecule has 40 heavy (non-hydrogen) atoms. The first kappa shape index (κ1) is 27.5. The van der Waals surface area contributed by atoms with Gasteiger partial charge in [-0.2, -0.15) is 0 Å². The van der Waals surface area contributed by atoms with Crippen molar-refractivity contribution >= 4 is 5.91 Å². The Hall–Kier alpha value is -4.07. The molecule has 0 spiro atoms. The maximum absolute atomic E-state index is 13.7. The molecule has 0 saturated heterocycles. The van der Waals surface area contributed by atoms with Crippen LogP contribution in [0.2, 0.25) is 0 Å². The van der Waals surface area contributed by atoms with Crippen molar-refractivity contribution in [3.63, 3.8) is 0 Å². The van der Waals surface area contributed by atoms with Crippen LogP contribution in [0.25, 0.3) is 22.3 Å². The molecule has 7 nitrogen and oxygen atoms in total. The van der Waals surface area contributed by atoms with Crippen LogP contribution >= 0.6 is 0 Å². The highest BCUT2D eigenvalue weighted by molar-refractivity contribution is 5.98. The van der Waals surface area contributed by atoms with E-state index < -0.39 is 0 Å². The summed E-state index contributed by atoms with van der Waals surface area (Å²) in [5, 5.41) is 9.94. The first-order valence-electron chi connectivity index (χ1n) is 13.7. The quantitative estimate of drug-likeness (QED) is 0.335. The molecule has 4 aromatic rings. The fraction of sp³-hybridized carbons (Fsp3) is 0.303. The molecule has 7 heteroatoms. The molecule has 0 bridgehead atoms. The number of aliphatic hydroxyl groups is 1. The van der Waals surface area contributed by atoms with Crippen LogP contribution in [-0.2, 0) is 6.54 Å². The Bertz CT molecular complexity index is 1410. The zero-order valence-electron chi connectivity index (χ0n) is 23.3. The molecule has 3 atom stereocenters. The van der Waals surface area contributed by atoms with E-state index >= 15 is 0 Å². The third-order valence-corrected chi connectivity index (χ3v) is 7.52. The van der Waals surface area contributed by atoms with Gasteiger partial charge in [-0.25, -0.2) is 4.98 Å². The highest BCUT2D eigenvalue weighted by Crippen LogP contribution is 2.30. The Kier molecular flexibility index (Phi) is 8.53. The van der Waals surface area contributed by atoms with E-state index in [9.17, 15) is 9.90 Å². The molecule has 5 rings (SSSR count). The van der Waals surface area contributed by atoms with E-state index in [0.717, 1.165) is 17.7 Å². The average molecular weight is 537 g/mol. The first-order valence-corrected chi connectivity index (χ1v) is 13.7. The van der Waals surface area contributed by atoms with Crippen LogP contribution in [0.4, 0.5) is 0 Å². The van der Waals surface area contributed by atoms with E-state index in [2.05, 4.69) is 77.4 Å². The smallest absolute Gasteiger partial charge is 0.259 e. The van der Waals surface area contributed by atoms with Crippen LogP contribution in [-0.4, -0.2) is 69.7 Å². The number of aliphatic hydroxyl groups excluding tert-OH is 1. The van der Waals surface area contributed by atoms with Crippen LogP contribution in [0.1, 0.15) is 29.8 Å². The molecule has 2 aromatic heterocycles. The van der Waals surface area contributed by atoms with Gasteiger partial charge < -0.3 is 14.7 Å². The molecule has 0 radical (unpaired) electrons. The number of fused-ring (bicyclic) bond motifs is 1. The van der Waals surface area contributed by atoms with Crippen molar-refractivity contribution in [3.05, 3.63) is 103 Å². The third-order valence-electron chi connectivity index (χ3n) is 7.52. The predicted molar refractivity (Wildman–Crippen MR) is 157 cm³/mol. The number of rotatable bonds is 8. The van der Waals surface area contributed by atoms with Gasteiger partial charge in [0.15, 0.2) is 0 Å². The zero-order valence-corrected chi connectivity index (χ0v) is 23.3. The van der Waals surface area contributed by atoms with Crippen LogP contribution < -0.4 is 4.74 Å². The van der Waals surface area contributed by atoms with E-state index in [-0.39, 0.29) is 30.6 Å². The summed E-state index contributed by atoms with van der Waals surface area (Å²) in [7, 11) is 2.08. The lowest BCUT2D eigenvalue weighted by Gasteiger charge is -2.37. The molecule has 0 aliphatic carbocycles. The fourth-order valence-electron chi connectivity index (χ4n) is 5.13. The molecule has 3 heterocycles. The van der Waals surface area contributed by atoms with Gasteiger partial charge in [0.05, 0.1) is 12.6 Å². The second-order valence-corrected chi connectivity index (χ2v) is 10.7. The molecular weight excluding hydrogens is 500 g/mol. The molecule has 1 aliphatic rings. The van der Waals surface area contributed by atoms with E-state index in [1.807, 2.05) is 31.2 Å².